The first-order valence-corrected chi connectivity index (χ1v) is 12.5. The third-order valence-corrected chi connectivity index (χ3v) is 7.35. The van der Waals surface area contributed by atoms with E-state index in [0.717, 1.165) is 36.9 Å². The molecule has 1 aliphatic rings. The number of nitrogens with zero attached hydrogens (tertiary/aromatic N) is 3. The average Bonchev–Trinajstić information content (AvgIpc) is 2.80. The molecule has 0 saturated carbocycles. The first-order valence-electron chi connectivity index (χ1n) is 10.6. The Hall–Kier alpha value is -1.78. The van der Waals surface area contributed by atoms with Crippen LogP contribution in [0.15, 0.2) is 66.7 Å². The highest BCUT2D eigenvalue weighted by atomic mass is 127. The predicted octanol–water partition coefficient (Wildman–Crippen LogP) is 7.14. The average molecular weight is 576 g/mol. The summed E-state index contributed by atoms with van der Waals surface area (Å²) in [4.78, 5) is 4.90. The van der Waals surface area contributed by atoms with Gasteiger partial charge in [0.25, 0.3) is 0 Å². The van der Waals surface area contributed by atoms with Gasteiger partial charge in [-0.15, -0.1) is 0 Å². The number of rotatable bonds is 5. The van der Waals surface area contributed by atoms with Crippen LogP contribution in [0.2, 0.25) is 10.0 Å². The first kappa shape index (κ1) is 23.4. The van der Waals surface area contributed by atoms with Crippen LogP contribution >= 0.6 is 45.8 Å². The van der Waals surface area contributed by atoms with E-state index in [1.807, 2.05) is 24.3 Å². The van der Waals surface area contributed by atoms with E-state index in [-0.39, 0.29) is 6.04 Å². The van der Waals surface area contributed by atoms with Crippen molar-refractivity contribution in [2.45, 2.75) is 18.9 Å². The Morgan fingerprint density at radius 3 is 2.41 bits per heavy atom. The van der Waals surface area contributed by atoms with Crippen molar-refractivity contribution in [3.8, 4) is 6.07 Å². The Morgan fingerprint density at radius 1 is 1.03 bits per heavy atom. The Morgan fingerprint density at radius 2 is 1.75 bits per heavy atom. The van der Waals surface area contributed by atoms with Gasteiger partial charge in [-0.05, 0) is 82.1 Å². The first-order chi connectivity index (χ1) is 15.4. The summed E-state index contributed by atoms with van der Waals surface area (Å²) >= 11 is 15.1. The number of piperazine rings is 1. The lowest BCUT2D eigenvalue weighted by Gasteiger charge is -2.44. The van der Waals surface area contributed by atoms with Gasteiger partial charge in [0.2, 0.25) is 0 Å². The van der Waals surface area contributed by atoms with Crippen molar-refractivity contribution >= 4 is 51.5 Å². The second-order valence-electron chi connectivity index (χ2n) is 8.25. The van der Waals surface area contributed by atoms with E-state index in [4.69, 9.17) is 23.2 Å². The molecule has 1 unspecified atom stereocenters. The highest BCUT2D eigenvalue weighted by Gasteiger charge is 2.30. The van der Waals surface area contributed by atoms with Crippen LogP contribution < -0.4 is 4.90 Å². The summed E-state index contributed by atoms with van der Waals surface area (Å²) in [5.74, 6) is 0.447. The van der Waals surface area contributed by atoms with Gasteiger partial charge in [-0.2, -0.15) is 5.26 Å². The van der Waals surface area contributed by atoms with E-state index in [2.05, 4.69) is 81.8 Å². The van der Waals surface area contributed by atoms with Gasteiger partial charge in [-0.1, -0.05) is 54.4 Å². The molecule has 0 bridgehead atoms. The predicted molar refractivity (Wildman–Crippen MR) is 142 cm³/mol. The zero-order valence-corrected chi connectivity index (χ0v) is 21.5. The minimum absolute atomic E-state index is 0.148. The Balaban J connectivity index is 1.58. The number of halogens is 3. The summed E-state index contributed by atoms with van der Waals surface area (Å²) < 4.78 is 1.26. The van der Waals surface area contributed by atoms with E-state index in [1.165, 1.54) is 14.7 Å². The molecule has 1 saturated heterocycles. The Kier molecular flexibility index (Phi) is 7.63. The molecule has 3 aromatic carbocycles. The van der Waals surface area contributed by atoms with Gasteiger partial charge in [-0.25, -0.2) is 0 Å². The number of hydrogen-bond acceptors (Lipinski definition) is 3. The zero-order valence-electron chi connectivity index (χ0n) is 17.8. The summed E-state index contributed by atoms with van der Waals surface area (Å²) in [6.45, 7) is 6.00. The third-order valence-electron chi connectivity index (χ3n) is 6.08. The van der Waals surface area contributed by atoms with Gasteiger partial charge in [0.1, 0.15) is 0 Å². The molecule has 164 valence electrons. The van der Waals surface area contributed by atoms with Crippen LogP contribution in [0, 0.1) is 14.9 Å². The molecule has 0 spiro atoms. The van der Waals surface area contributed by atoms with E-state index >= 15 is 0 Å². The van der Waals surface area contributed by atoms with Crippen molar-refractivity contribution in [3.63, 3.8) is 0 Å². The molecular weight excluding hydrogens is 552 g/mol. The lowest BCUT2D eigenvalue weighted by Crippen LogP contribution is -2.49. The van der Waals surface area contributed by atoms with E-state index in [1.54, 1.807) is 6.07 Å². The van der Waals surface area contributed by atoms with Crippen LogP contribution in [-0.4, -0.2) is 31.1 Å². The van der Waals surface area contributed by atoms with Gasteiger partial charge < -0.3 is 4.90 Å². The number of benzene rings is 3. The van der Waals surface area contributed by atoms with E-state index < -0.39 is 0 Å². The lowest BCUT2D eigenvalue weighted by molar-refractivity contribution is 0.214. The SMILES string of the molecule is C[C@H](CN1CCN(c2ccc(C#N)cc2Cl)C(c2ccc(Cl)cc2)C1)c1ccc(I)cc1. The Bertz CT molecular complexity index is 1110. The van der Waals surface area contributed by atoms with Crippen molar-refractivity contribution in [3.05, 3.63) is 97.0 Å². The maximum Gasteiger partial charge on any atom is 0.0992 e. The second kappa shape index (κ2) is 10.4. The lowest BCUT2D eigenvalue weighted by atomic mass is 9.97. The second-order valence-corrected chi connectivity index (χ2v) is 10.3. The summed E-state index contributed by atoms with van der Waals surface area (Å²) in [6, 6.07) is 24.8. The fourth-order valence-corrected chi connectivity index (χ4v) is 5.13. The molecule has 0 N–H and O–H groups in total. The molecule has 3 aromatic rings. The molecule has 1 aliphatic heterocycles. The maximum atomic E-state index is 9.21. The van der Waals surface area contributed by atoms with Gasteiger partial charge >= 0.3 is 0 Å². The van der Waals surface area contributed by atoms with Crippen LogP contribution in [0.25, 0.3) is 0 Å². The molecule has 2 atom stereocenters. The number of anilines is 1. The standard InChI is InChI=1S/C26H24Cl2IN3/c1-18(20-5-9-23(29)10-6-20)16-31-12-13-32(25-11-2-19(15-30)14-24(25)28)26(17-31)21-3-7-22(27)8-4-21/h2-11,14,18,26H,12-13,16-17H2,1H3/t18-,26?/m1/s1. The molecule has 6 heteroatoms. The van der Waals surface area contributed by atoms with Gasteiger partial charge in [0.05, 0.1) is 28.4 Å². The van der Waals surface area contributed by atoms with Crippen LogP contribution in [0.5, 0.6) is 0 Å². The summed E-state index contributed by atoms with van der Waals surface area (Å²) in [6.07, 6.45) is 0. The largest absolute Gasteiger partial charge is 0.361 e. The molecule has 3 nitrogen and oxygen atoms in total. The normalized spacial score (nSPS) is 17.7. The van der Waals surface area contributed by atoms with Crippen LogP contribution in [0.3, 0.4) is 0 Å². The minimum Gasteiger partial charge on any atom is -0.361 e. The highest BCUT2D eigenvalue weighted by Crippen LogP contribution is 2.36. The van der Waals surface area contributed by atoms with E-state index in [0.29, 0.717) is 16.5 Å². The highest BCUT2D eigenvalue weighted by molar-refractivity contribution is 14.1. The molecule has 0 aliphatic carbocycles. The van der Waals surface area contributed by atoms with Crippen molar-refractivity contribution in [1.82, 2.24) is 4.90 Å². The summed E-state index contributed by atoms with van der Waals surface area (Å²) in [5, 5.41) is 10.6. The maximum absolute atomic E-state index is 9.21. The zero-order chi connectivity index (χ0) is 22.7. The van der Waals surface area contributed by atoms with E-state index in [9.17, 15) is 5.26 Å². The van der Waals surface area contributed by atoms with Crippen molar-refractivity contribution in [2.75, 3.05) is 31.1 Å². The quantitative estimate of drug-likeness (QED) is 0.303. The fraction of sp³-hybridized carbons (Fsp3) is 0.269. The molecule has 0 aromatic heterocycles. The third kappa shape index (κ3) is 5.40. The number of hydrogen-bond donors (Lipinski definition) is 0. The monoisotopic (exact) mass is 575 g/mol. The van der Waals surface area contributed by atoms with Crippen LogP contribution in [0.4, 0.5) is 5.69 Å². The Labute approximate surface area is 213 Å². The molecular formula is C26H24Cl2IN3. The minimum atomic E-state index is 0.148. The fourth-order valence-electron chi connectivity index (χ4n) is 4.36. The smallest absolute Gasteiger partial charge is 0.0992 e. The molecule has 1 heterocycles. The van der Waals surface area contributed by atoms with Crippen molar-refractivity contribution in [1.29, 1.82) is 5.26 Å². The molecule has 0 radical (unpaired) electrons. The molecule has 32 heavy (non-hydrogen) atoms. The van der Waals surface area contributed by atoms with Crippen LogP contribution in [0.1, 0.15) is 35.6 Å². The van der Waals surface area contributed by atoms with Gasteiger partial charge in [0.15, 0.2) is 0 Å². The van der Waals surface area contributed by atoms with Crippen molar-refractivity contribution in [2.24, 2.45) is 0 Å². The molecule has 0 amide bonds. The molecule has 1 fully saturated rings. The topological polar surface area (TPSA) is 30.3 Å². The van der Waals surface area contributed by atoms with Crippen LogP contribution in [-0.2, 0) is 0 Å². The van der Waals surface area contributed by atoms with Gasteiger partial charge in [-0.3, -0.25) is 4.90 Å². The number of nitriles is 1. The summed E-state index contributed by atoms with van der Waals surface area (Å²) in [5.41, 5.74) is 4.12. The summed E-state index contributed by atoms with van der Waals surface area (Å²) in [7, 11) is 0. The van der Waals surface area contributed by atoms with Gasteiger partial charge in [0, 0.05) is 34.8 Å². The molecule has 4 rings (SSSR count). The van der Waals surface area contributed by atoms with Crippen molar-refractivity contribution < 1.29 is 0 Å².